The van der Waals surface area contributed by atoms with Crippen molar-refractivity contribution in [1.29, 1.82) is 0 Å². The first-order valence-electron chi connectivity index (χ1n) is 7.87. The standard InChI is InChI=1S/C19H19NO4/c21-17(22)19(10-11-19)16-8-6-14(7-9-16)12-20-18(23)24-13-15-4-2-1-3-5-15/h1-9H,10-13H2,(H,20,23)(H,21,22). The summed E-state index contributed by atoms with van der Waals surface area (Å²) >= 11 is 0. The lowest BCUT2D eigenvalue weighted by Crippen LogP contribution is -2.24. The van der Waals surface area contributed by atoms with E-state index in [1.54, 1.807) is 0 Å². The number of hydrogen-bond donors (Lipinski definition) is 2. The second kappa shape index (κ2) is 6.74. The number of nitrogens with one attached hydrogen (secondary N) is 1. The van der Waals surface area contributed by atoms with Gasteiger partial charge in [-0.25, -0.2) is 4.79 Å². The van der Waals surface area contributed by atoms with Crippen LogP contribution in [0.25, 0.3) is 0 Å². The van der Waals surface area contributed by atoms with E-state index < -0.39 is 17.5 Å². The molecule has 2 aromatic carbocycles. The van der Waals surface area contributed by atoms with Crippen LogP contribution in [0.15, 0.2) is 54.6 Å². The highest BCUT2D eigenvalue weighted by atomic mass is 16.5. The van der Waals surface area contributed by atoms with Crippen molar-refractivity contribution in [2.24, 2.45) is 0 Å². The molecule has 2 N–H and O–H groups in total. The lowest BCUT2D eigenvalue weighted by molar-refractivity contribution is -0.140. The van der Waals surface area contributed by atoms with E-state index in [1.807, 2.05) is 54.6 Å². The molecule has 24 heavy (non-hydrogen) atoms. The third kappa shape index (κ3) is 3.56. The highest BCUT2D eigenvalue weighted by Crippen LogP contribution is 2.48. The predicted molar refractivity (Wildman–Crippen MR) is 88.5 cm³/mol. The van der Waals surface area contributed by atoms with Crippen molar-refractivity contribution in [2.45, 2.75) is 31.4 Å². The van der Waals surface area contributed by atoms with Gasteiger partial charge in [0.15, 0.2) is 0 Å². The van der Waals surface area contributed by atoms with Gasteiger partial charge in [-0.15, -0.1) is 0 Å². The SMILES string of the molecule is O=C(NCc1ccc(C2(C(=O)O)CC2)cc1)OCc1ccccc1. The minimum Gasteiger partial charge on any atom is -0.481 e. The average Bonchev–Trinajstić information content (AvgIpc) is 3.41. The lowest BCUT2D eigenvalue weighted by atomic mass is 9.95. The van der Waals surface area contributed by atoms with Crippen LogP contribution in [0.2, 0.25) is 0 Å². The molecule has 5 heteroatoms. The fraction of sp³-hybridized carbons (Fsp3) is 0.263. The van der Waals surface area contributed by atoms with Crippen LogP contribution >= 0.6 is 0 Å². The van der Waals surface area contributed by atoms with Crippen LogP contribution in [0.1, 0.15) is 29.5 Å². The number of benzene rings is 2. The number of hydrogen-bond acceptors (Lipinski definition) is 3. The van der Waals surface area contributed by atoms with E-state index in [0.717, 1.165) is 16.7 Å². The Balaban J connectivity index is 1.48. The molecule has 2 aromatic rings. The monoisotopic (exact) mass is 325 g/mol. The molecule has 3 rings (SSSR count). The number of ether oxygens (including phenoxy) is 1. The van der Waals surface area contributed by atoms with E-state index in [2.05, 4.69) is 5.32 Å². The number of carboxylic acid groups (broad SMARTS) is 1. The quantitative estimate of drug-likeness (QED) is 0.855. The van der Waals surface area contributed by atoms with Crippen LogP contribution in [0, 0.1) is 0 Å². The van der Waals surface area contributed by atoms with Gasteiger partial charge in [0.2, 0.25) is 0 Å². The summed E-state index contributed by atoms with van der Waals surface area (Å²) in [4.78, 5) is 23.0. The molecular weight excluding hydrogens is 306 g/mol. The minimum atomic E-state index is -0.766. The van der Waals surface area contributed by atoms with E-state index >= 15 is 0 Å². The van der Waals surface area contributed by atoms with Crippen LogP contribution in [-0.2, 0) is 28.1 Å². The molecule has 1 aliphatic rings. The van der Waals surface area contributed by atoms with Crippen molar-refractivity contribution in [2.75, 3.05) is 0 Å². The number of carboxylic acids is 1. The van der Waals surface area contributed by atoms with Gasteiger partial charge in [0.25, 0.3) is 0 Å². The number of aliphatic carboxylic acids is 1. The average molecular weight is 325 g/mol. The number of carbonyl (C=O) groups is 2. The first-order chi connectivity index (χ1) is 11.6. The summed E-state index contributed by atoms with van der Waals surface area (Å²) in [6, 6.07) is 16.8. The molecule has 0 saturated heterocycles. The molecule has 1 saturated carbocycles. The van der Waals surface area contributed by atoms with Gasteiger partial charge in [-0.3, -0.25) is 4.79 Å². The summed E-state index contributed by atoms with van der Waals surface area (Å²) in [6.07, 6.45) is 0.893. The van der Waals surface area contributed by atoms with Gasteiger partial charge >= 0.3 is 12.1 Å². The van der Waals surface area contributed by atoms with Crippen LogP contribution in [0.3, 0.4) is 0 Å². The summed E-state index contributed by atoms with van der Waals surface area (Å²) in [7, 11) is 0. The molecule has 0 spiro atoms. The predicted octanol–water partition coefficient (Wildman–Crippen LogP) is 3.23. The van der Waals surface area contributed by atoms with Crippen molar-refractivity contribution >= 4 is 12.1 Å². The zero-order chi connectivity index (χ0) is 17.0. The third-order valence-corrected chi connectivity index (χ3v) is 4.32. The normalized spacial score (nSPS) is 14.7. The molecule has 0 atom stereocenters. The first kappa shape index (κ1) is 16.1. The van der Waals surface area contributed by atoms with E-state index in [0.29, 0.717) is 19.4 Å². The Hall–Kier alpha value is -2.82. The molecular formula is C19H19NO4. The van der Waals surface area contributed by atoms with Gasteiger partial charge < -0.3 is 15.2 Å². The van der Waals surface area contributed by atoms with Gasteiger partial charge in [-0.2, -0.15) is 0 Å². The summed E-state index contributed by atoms with van der Waals surface area (Å²) in [5, 5.41) is 12.0. The largest absolute Gasteiger partial charge is 0.481 e. The number of alkyl carbamates (subject to hydrolysis) is 1. The maximum absolute atomic E-state index is 11.7. The van der Waals surface area contributed by atoms with Crippen LogP contribution in [-0.4, -0.2) is 17.2 Å². The molecule has 124 valence electrons. The van der Waals surface area contributed by atoms with Crippen molar-refractivity contribution in [3.8, 4) is 0 Å². The van der Waals surface area contributed by atoms with Gasteiger partial charge in [0, 0.05) is 6.54 Å². The lowest BCUT2D eigenvalue weighted by Gasteiger charge is -2.11. The van der Waals surface area contributed by atoms with E-state index in [-0.39, 0.29) is 6.61 Å². The Morgan fingerprint density at radius 1 is 1.00 bits per heavy atom. The smallest absolute Gasteiger partial charge is 0.407 e. The van der Waals surface area contributed by atoms with Crippen LogP contribution in [0.5, 0.6) is 0 Å². The Kier molecular flexibility index (Phi) is 4.51. The summed E-state index contributed by atoms with van der Waals surface area (Å²) < 4.78 is 5.14. The van der Waals surface area contributed by atoms with Gasteiger partial charge in [-0.05, 0) is 29.5 Å². The molecule has 0 unspecified atom stereocenters. The highest BCUT2D eigenvalue weighted by molar-refractivity contribution is 5.84. The number of carbonyl (C=O) groups excluding carboxylic acids is 1. The zero-order valence-electron chi connectivity index (χ0n) is 13.2. The van der Waals surface area contributed by atoms with Crippen molar-refractivity contribution in [1.82, 2.24) is 5.32 Å². The maximum Gasteiger partial charge on any atom is 0.407 e. The van der Waals surface area contributed by atoms with Crippen LogP contribution < -0.4 is 5.32 Å². The van der Waals surface area contributed by atoms with Gasteiger partial charge in [0.05, 0.1) is 5.41 Å². The third-order valence-electron chi connectivity index (χ3n) is 4.32. The Morgan fingerprint density at radius 2 is 1.67 bits per heavy atom. The second-order valence-electron chi connectivity index (χ2n) is 6.00. The molecule has 1 fully saturated rings. The molecule has 0 aromatic heterocycles. The molecule has 1 aliphatic carbocycles. The first-order valence-corrected chi connectivity index (χ1v) is 7.87. The van der Waals surface area contributed by atoms with E-state index in [4.69, 9.17) is 4.74 Å². The Labute approximate surface area is 140 Å². The van der Waals surface area contributed by atoms with E-state index in [9.17, 15) is 14.7 Å². The van der Waals surface area contributed by atoms with Crippen molar-refractivity contribution in [3.63, 3.8) is 0 Å². The second-order valence-corrected chi connectivity index (χ2v) is 6.00. The molecule has 0 aliphatic heterocycles. The molecule has 0 bridgehead atoms. The summed E-state index contributed by atoms with van der Waals surface area (Å²) in [5.41, 5.74) is 1.96. The number of amides is 1. The van der Waals surface area contributed by atoms with Crippen LogP contribution in [0.4, 0.5) is 4.79 Å². The minimum absolute atomic E-state index is 0.229. The van der Waals surface area contributed by atoms with Crippen molar-refractivity contribution < 1.29 is 19.4 Å². The summed E-state index contributed by atoms with van der Waals surface area (Å²) in [6.45, 7) is 0.570. The molecule has 1 amide bonds. The molecule has 5 nitrogen and oxygen atoms in total. The highest BCUT2D eigenvalue weighted by Gasteiger charge is 2.51. The maximum atomic E-state index is 11.7. The van der Waals surface area contributed by atoms with Gasteiger partial charge in [-0.1, -0.05) is 54.6 Å². The summed E-state index contributed by atoms with van der Waals surface area (Å²) in [5.74, 6) is -0.766. The van der Waals surface area contributed by atoms with Crippen molar-refractivity contribution in [3.05, 3.63) is 71.3 Å². The topological polar surface area (TPSA) is 75.6 Å². The molecule has 0 radical (unpaired) electrons. The number of rotatable bonds is 6. The fourth-order valence-electron chi connectivity index (χ4n) is 2.64. The Morgan fingerprint density at radius 3 is 2.25 bits per heavy atom. The Bertz CT molecular complexity index is 721. The molecule has 0 heterocycles. The fourth-order valence-corrected chi connectivity index (χ4v) is 2.64. The van der Waals surface area contributed by atoms with Gasteiger partial charge in [0.1, 0.15) is 6.61 Å². The zero-order valence-corrected chi connectivity index (χ0v) is 13.2. The van der Waals surface area contributed by atoms with E-state index in [1.165, 1.54) is 0 Å².